The lowest BCUT2D eigenvalue weighted by atomic mass is 9.75. The first-order chi connectivity index (χ1) is 20.2. The number of esters is 1. The number of Topliss-reactive ketones (excluding diaryl/α,β-unsaturated/α-hetero) is 1. The van der Waals surface area contributed by atoms with Gasteiger partial charge in [-0.05, 0) is 48.4 Å². The lowest BCUT2D eigenvalue weighted by Crippen LogP contribution is -2.41. The fourth-order valence-electron chi connectivity index (χ4n) is 5.88. The average Bonchev–Trinajstić information content (AvgIpc) is 3.46. The summed E-state index contributed by atoms with van der Waals surface area (Å²) in [5.41, 5.74) is 0.804. The van der Waals surface area contributed by atoms with Gasteiger partial charge in [-0.25, -0.2) is 4.79 Å². The van der Waals surface area contributed by atoms with Crippen molar-refractivity contribution < 1.29 is 33.6 Å². The first kappa shape index (κ1) is 28.7. The molecule has 5 rings (SSSR count). The van der Waals surface area contributed by atoms with Crippen molar-refractivity contribution >= 4 is 41.0 Å². The molecule has 0 saturated carbocycles. The van der Waals surface area contributed by atoms with E-state index < -0.39 is 53.3 Å². The van der Waals surface area contributed by atoms with Crippen molar-refractivity contribution in [3.8, 4) is 5.75 Å². The standard InChI is InChI=1S/C30H26ClN3O8/c1-3-42-23(35)16-32-29(37)27-24(17-7-5-4-6-8-17)25(28(36)18-9-12-20(31)13-10-18)26(33(27)30(32)38)19-11-14-22(41-2)21(15-19)34(39)40/h4-15,24-27H,3,16H2,1-2H3. The summed E-state index contributed by atoms with van der Waals surface area (Å²) in [4.78, 5) is 67.9. The number of benzene rings is 3. The van der Waals surface area contributed by atoms with Crippen molar-refractivity contribution in [3.63, 3.8) is 0 Å². The number of imide groups is 1. The second-order valence-electron chi connectivity index (χ2n) is 9.83. The van der Waals surface area contributed by atoms with E-state index in [2.05, 4.69) is 0 Å². The van der Waals surface area contributed by atoms with Crippen LogP contribution in [0.3, 0.4) is 0 Å². The molecular weight excluding hydrogens is 566 g/mol. The van der Waals surface area contributed by atoms with E-state index in [0.29, 0.717) is 16.1 Å². The molecular formula is C30H26ClN3O8. The van der Waals surface area contributed by atoms with E-state index in [1.807, 2.05) is 0 Å². The summed E-state index contributed by atoms with van der Waals surface area (Å²) >= 11 is 6.07. The van der Waals surface area contributed by atoms with Crippen LogP contribution in [0.25, 0.3) is 0 Å². The number of carbonyl (C=O) groups excluding carboxylic acids is 4. The number of nitro groups is 1. The molecule has 2 heterocycles. The maximum atomic E-state index is 14.3. The Balaban J connectivity index is 1.72. The molecule has 2 fully saturated rings. The predicted molar refractivity (Wildman–Crippen MR) is 150 cm³/mol. The van der Waals surface area contributed by atoms with Gasteiger partial charge in [-0.1, -0.05) is 48.0 Å². The van der Waals surface area contributed by atoms with Crippen molar-refractivity contribution in [2.45, 2.75) is 24.9 Å². The largest absolute Gasteiger partial charge is 0.490 e. The Morgan fingerprint density at radius 1 is 0.976 bits per heavy atom. The van der Waals surface area contributed by atoms with Gasteiger partial charge in [0.1, 0.15) is 12.6 Å². The van der Waals surface area contributed by atoms with Crippen LogP contribution < -0.4 is 4.74 Å². The number of carbonyl (C=O) groups is 4. The molecule has 2 aliphatic heterocycles. The Morgan fingerprint density at radius 3 is 2.29 bits per heavy atom. The highest BCUT2D eigenvalue weighted by atomic mass is 35.5. The molecule has 3 aromatic rings. The first-order valence-corrected chi connectivity index (χ1v) is 13.5. The van der Waals surface area contributed by atoms with Crippen LogP contribution in [0, 0.1) is 16.0 Å². The molecule has 0 aromatic heterocycles. The minimum absolute atomic E-state index is 0.00811. The fraction of sp³-hybridized carbons (Fsp3) is 0.267. The topological polar surface area (TPSA) is 136 Å². The minimum Gasteiger partial charge on any atom is -0.490 e. The smallest absolute Gasteiger partial charge is 0.328 e. The number of fused-ring (bicyclic) bond motifs is 1. The van der Waals surface area contributed by atoms with Gasteiger partial charge >= 0.3 is 17.7 Å². The number of ether oxygens (including phenoxy) is 2. The summed E-state index contributed by atoms with van der Waals surface area (Å²) in [7, 11) is 1.29. The van der Waals surface area contributed by atoms with Crippen molar-refractivity contribution in [2.75, 3.05) is 20.3 Å². The van der Waals surface area contributed by atoms with E-state index in [0.717, 1.165) is 4.90 Å². The zero-order chi connectivity index (χ0) is 30.1. The number of nitro benzene ring substituents is 1. The summed E-state index contributed by atoms with van der Waals surface area (Å²) in [6.45, 7) is 1.06. The molecule has 11 nitrogen and oxygen atoms in total. The van der Waals surface area contributed by atoms with Crippen LogP contribution in [-0.2, 0) is 14.3 Å². The van der Waals surface area contributed by atoms with E-state index >= 15 is 0 Å². The second kappa shape index (κ2) is 11.6. The second-order valence-corrected chi connectivity index (χ2v) is 10.3. The third-order valence-corrected chi connectivity index (χ3v) is 7.84. The molecule has 0 radical (unpaired) electrons. The number of halogens is 1. The zero-order valence-corrected chi connectivity index (χ0v) is 23.4. The van der Waals surface area contributed by atoms with Gasteiger partial charge in [0.05, 0.1) is 30.6 Å². The molecule has 4 atom stereocenters. The number of amides is 3. The lowest BCUT2D eigenvalue weighted by Gasteiger charge is -2.28. The van der Waals surface area contributed by atoms with Crippen molar-refractivity contribution in [1.29, 1.82) is 0 Å². The molecule has 2 saturated heterocycles. The number of nitrogens with zero attached hydrogens (tertiary/aromatic N) is 3. The lowest BCUT2D eigenvalue weighted by molar-refractivity contribution is -0.385. The number of hydrogen-bond acceptors (Lipinski definition) is 8. The Morgan fingerprint density at radius 2 is 1.67 bits per heavy atom. The van der Waals surface area contributed by atoms with Gasteiger partial charge in [-0.3, -0.25) is 29.4 Å². The number of ketones is 1. The third-order valence-electron chi connectivity index (χ3n) is 7.59. The molecule has 4 unspecified atom stereocenters. The summed E-state index contributed by atoms with van der Waals surface area (Å²) < 4.78 is 10.1. The number of hydrogen-bond donors (Lipinski definition) is 0. The molecule has 0 spiro atoms. The first-order valence-electron chi connectivity index (χ1n) is 13.1. The molecule has 3 aromatic carbocycles. The highest BCUT2D eigenvalue weighted by Crippen LogP contribution is 2.54. The van der Waals surface area contributed by atoms with E-state index in [9.17, 15) is 29.3 Å². The van der Waals surface area contributed by atoms with Gasteiger partial charge < -0.3 is 14.4 Å². The van der Waals surface area contributed by atoms with Gasteiger partial charge in [0, 0.05) is 22.6 Å². The highest BCUT2D eigenvalue weighted by Gasteiger charge is 2.63. The number of rotatable bonds is 9. The normalized spacial score (nSPS) is 21.3. The van der Waals surface area contributed by atoms with E-state index in [1.54, 1.807) is 61.5 Å². The molecule has 2 aliphatic rings. The Kier molecular flexibility index (Phi) is 7.95. The van der Waals surface area contributed by atoms with Crippen LogP contribution in [0.2, 0.25) is 5.02 Å². The van der Waals surface area contributed by atoms with Crippen LogP contribution in [-0.4, -0.2) is 64.7 Å². The van der Waals surface area contributed by atoms with Crippen LogP contribution in [0.4, 0.5) is 10.5 Å². The minimum atomic E-state index is -1.17. The summed E-state index contributed by atoms with van der Waals surface area (Å²) in [5.74, 6) is -3.68. The zero-order valence-electron chi connectivity index (χ0n) is 22.6. The molecule has 42 heavy (non-hydrogen) atoms. The highest BCUT2D eigenvalue weighted by molar-refractivity contribution is 6.30. The monoisotopic (exact) mass is 591 g/mol. The number of methoxy groups -OCH3 is 1. The number of urea groups is 1. The maximum absolute atomic E-state index is 14.3. The summed E-state index contributed by atoms with van der Waals surface area (Å²) in [5, 5.41) is 12.4. The summed E-state index contributed by atoms with van der Waals surface area (Å²) in [6, 6.07) is 16.2. The molecule has 0 aliphatic carbocycles. The fourth-order valence-corrected chi connectivity index (χ4v) is 6.00. The van der Waals surface area contributed by atoms with Crippen LogP contribution in [0.15, 0.2) is 72.8 Å². The predicted octanol–water partition coefficient (Wildman–Crippen LogP) is 4.79. The molecule has 0 N–H and O–H groups in total. The molecule has 12 heteroatoms. The average molecular weight is 592 g/mol. The van der Waals surface area contributed by atoms with Gasteiger partial charge in [0.25, 0.3) is 5.91 Å². The van der Waals surface area contributed by atoms with Crippen molar-refractivity contribution in [3.05, 3.63) is 105 Å². The SMILES string of the molecule is CCOC(=O)CN1C(=O)C2C(c3ccccc3)C(C(=O)c3ccc(Cl)cc3)C(c3ccc(OC)c([N+](=O)[O-])c3)N2C1=O. The van der Waals surface area contributed by atoms with Gasteiger partial charge in [-0.15, -0.1) is 0 Å². The van der Waals surface area contributed by atoms with E-state index in [-0.39, 0.29) is 29.4 Å². The van der Waals surface area contributed by atoms with Gasteiger partial charge in [0.2, 0.25) is 0 Å². The van der Waals surface area contributed by atoms with E-state index in [1.165, 1.54) is 30.2 Å². The Hall–Kier alpha value is -4.77. The molecule has 3 amide bonds. The maximum Gasteiger partial charge on any atom is 0.328 e. The summed E-state index contributed by atoms with van der Waals surface area (Å²) in [6.07, 6.45) is 0. The van der Waals surface area contributed by atoms with Crippen LogP contribution in [0.5, 0.6) is 5.75 Å². The molecule has 0 bridgehead atoms. The quantitative estimate of drug-likeness (QED) is 0.114. The van der Waals surface area contributed by atoms with Crippen molar-refractivity contribution in [1.82, 2.24) is 9.80 Å². The van der Waals surface area contributed by atoms with Crippen LogP contribution in [0.1, 0.15) is 40.4 Å². The van der Waals surface area contributed by atoms with Gasteiger partial charge in [0.15, 0.2) is 11.5 Å². The van der Waals surface area contributed by atoms with E-state index in [4.69, 9.17) is 21.1 Å². The van der Waals surface area contributed by atoms with Crippen molar-refractivity contribution in [2.24, 2.45) is 5.92 Å². The Bertz CT molecular complexity index is 1560. The molecule has 216 valence electrons. The van der Waals surface area contributed by atoms with Gasteiger partial charge in [-0.2, -0.15) is 0 Å². The Labute approximate surface area is 245 Å². The third kappa shape index (κ3) is 4.96. The van der Waals surface area contributed by atoms with Crippen LogP contribution >= 0.6 is 11.6 Å².